The van der Waals surface area contributed by atoms with E-state index in [0.29, 0.717) is 23.4 Å². The third-order valence-corrected chi connectivity index (χ3v) is 6.43. The molecule has 0 atom stereocenters. The number of amides is 1. The number of anilines is 1. The van der Waals surface area contributed by atoms with Crippen LogP contribution in [0.5, 0.6) is 5.75 Å². The zero-order valence-corrected chi connectivity index (χ0v) is 20.6. The number of carbonyl (C=O) groups is 1. The summed E-state index contributed by atoms with van der Waals surface area (Å²) in [6.45, 7) is 6.70. The molecule has 0 saturated carbocycles. The maximum atomic E-state index is 12.9. The number of methoxy groups -OCH3 is 1. The highest BCUT2D eigenvalue weighted by Gasteiger charge is 2.18. The van der Waals surface area contributed by atoms with Crippen LogP contribution in [0.1, 0.15) is 36.7 Å². The molecule has 34 heavy (non-hydrogen) atoms. The number of thioether (sulfide) groups is 1. The molecule has 0 bridgehead atoms. The lowest BCUT2D eigenvalue weighted by Gasteiger charge is -2.16. The van der Waals surface area contributed by atoms with Crippen molar-refractivity contribution in [3.05, 3.63) is 77.7 Å². The Morgan fingerprint density at radius 3 is 2.71 bits per heavy atom. The van der Waals surface area contributed by atoms with Crippen LogP contribution in [0, 0.1) is 6.92 Å². The molecule has 4 aromatic rings. The van der Waals surface area contributed by atoms with E-state index in [1.807, 2.05) is 60.0 Å². The quantitative estimate of drug-likeness (QED) is 0.309. The van der Waals surface area contributed by atoms with Crippen molar-refractivity contribution < 1.29 is 13.9 Å². The third-order valence-electron chi connectivity index (χ3n) is 5.46. The summed E-state index contributed by atoms with van der Waals surface area (Å²) < 4.78 is 12.9. The van der Waals surface area contributed by atoms with Gasteiger partial charge in [0.2, 0.25) is 5.91 Å². The zero-order chi connectivity index (χ0) is 24.1. The molecule has 1 N–H and O–H groups in total. The monoisotopic (exact) mass is 476 g/mol. The molecule has 0 saturated heterocycles. The normalized spacial score (nSPS) is 11.1. The van der Waals surface area contributed by atoms with Crippen molar-refractivity contribution in [3.63, 3.8) is 0 Å². The largest absolute Gasteiger partial charge is 0.497 e. The Bertz CT molecular complexity index is 1270. The van der Waals surface area contributed by atoms with Crippen molar-refractivity contribution in [1.82, 2.24) is 14.8 Å². The molecule has 0 unspecified atom stereocenters. The Hall–Kier alpha value is -3.52. The Kier molecular flexibility index (Phi) is 7.37. The van der Waals surface area contributed by atoms with Gasteiger partial charge in [-0.05, 0) is 48.2 Å². The van der Waals surface area contributed by atoms with Crippen LogP contribution in [-0.2, 0) is 11.3 Å². The highest BCUT2D eigenvalue weighted by molar-refractivity contribution is 7.99. The van der Waals surface area contributed by atoms with Gasteiger partial charge in [-0.1, -0.05) is 55.9 Å². The van der Waals surface area contributed by atoms with E-state index in [1.54, 1.807) is 13.4 Å². The molecule has 0 aliphatic carbocycles. The van der Waals surface area contributed by atoms with Crippen molar-refractivity contribution in [2.75, 3.05) is 18.2 Å². The van der Waals surface area contributed by atoms with Crippen LogP contribution in [0.15, 0.2) is 70.4 Å². The predicted molar refractivity (Wildman–Crippen MR) is 134 cm³/mol. The summed E-state index contributed by atoms with van der Waals surface area (Å²) in [7, 11) is 1.63. The molecule has 0 radical (unpaired) electrons. The van der Waals surface area contributed by atoms with E-state index in [0.717, 1.165) is 33.9 Å². The Morgan fingerprint density at radius 1 is 1.15 bits per heavy atom. The van der Waals surface area contributed by atoms with Crippen LogP contribution < -0.4 is 10.1 Å². The Labute approximate surface area is 203 Å². The number of rotatable bonds is 9. The van der Waals surface area contributed by atoms with Crippen molar-refractivity contribution in [1.29, 1.82) is 0 Å². The Morgan fingerprint density at radius 2 is 1.97 bits per heavy atom. The lowest BCUT2D eigenvalue weighted by atomic mass is 9.98. The molecule has 176 valence electrons. The summed E-state index contributed by atoms with van der Waals surface area (Å²) in [6.07, 6.45) is 1.64. The standard InChI is InChI=1S/C26H28N4O3S/c1-17(2)22-12-5-8-18(3)24(22)27-23(31)16-34-26-29-28-25(19-9-6-10-20(14-19)32-4)30(26)15-21-11-7-13-33-21/h5-14,17H,15-16H2,1-4H3,(H,27,31). The van der Waals surface area contributed by atoms with Gasteiger partial charge in [0.05, 0.1) is 25.7 Å². The van der Waals surface area contributed by atoms with Crippen LogP contribution in [0.2, 0.25) is 0 Å². The topological polar surface area (TPSA) is 82.2 Å². The van der Waals surface area contributed by atoms with Crippen molar-refractivity contribution in [2.45, 2.75) is 38.4 Å². The highest BCUT2D eigenvalue weighted by atomic mass is 32.2. The number of nitrogens with one attached hydrogen (secondary N) is 1. The van der Waals surface area contributed by atoms with Gasteiger partial charge in [-0.15, -0.1) is 10.2 Å². The SMILES string of the molecule is COc1cccc(-c2nnc(SCC(=O)Nc3c(C)cccc3C(C)C)n2Cc2ccco2)c1. The maximum Gasteiger partial charge on any atom is 0.234 e. The number of carbonyl (C=O) groups excluding carboxylic acids is 1. The average Bonchev–Trinajstić information content (AvgIpc) is 3.49. The van der Waals surface area contributed by atoms with E-state index in [9.17, 15) is 4.79 Å². The smallest absolute Gasteiger partial charge is 0.234 e. The second-order valence-corrected chi connectivity index (χ2v) is 9.18. The summed E-state index contributed by atoms with van der Waals surface area (Å²) in [5.41, 5.74) is 3.93. The first-order valence-corrected chi connectivity index (χ1v) is 12.1. The summed E-state index contributed by atoms with van der Waals surface area (Å²) in [5.74, 6) is 2.62. The second-order valence-electron chi connectivity index (χ2n) is 8.23. The summed E-state index contributed by atoms with van der Waals surface area (Å²) in [6, 6.07) is 17.5. The number of ether oxygens (including phenoxy) is 1. The van der Waals surface area contributed by atoms with E-state index in [2.05, 4.69) is 35.4 Å². The van der Waals surface area contributed by atoms with Gasteiger partial charge in [-0.25, -0.2) is 0 Å². The minimum Gasteiger partial charge on any atom is -0.497 e. The van der Waals surface area contributed by atoms with Gasteiger partial charge < -0.3 is 14.5 Å². The van der Waals surface area contributed by atoms with Gasteiger partial charge in [0.25, 0.3) is 0 Å². The molecule has 7 nitrogen and oxygen atoms in total. The summed E-state index contributed by atoms with van der Waals surface area (Å²) in [4.78, 5) is 12.9. The molecular weight excluding hydrogens is 448 g/mol. The van der Waals surface area contributed by atoms with Crippen LogP contribution >= 0.6 is 11.8 Å². The molecule has 8 heteroatoms. The number of hydrogen-bond acceptors (Lipinski definition) is 6. The van der Waals surface area contributed by atoms with E-state index in [1.165, 1.54) is 11.8 Å². The Balaban J connectivity index is 1.56. The molecule has 0 aliphatic rings. The minimum absolute atomic E-state index is 0.0864. The number of aryl methyl sites for hydroxylation is 1. The number of nitrogens with zero attached hydrogens (tertiary/aromatic N) is 3. The van der Waals surface area contributed by atoms with Gasteiger partial charge in [-0.2, -0.15) is 0 Å². The van der Waals surface area contributed by atoms with Crippen LogP contribution in [-0.4, -0.2) is 33.5 Å². The van der Waals surface area contributed by atoms with Gasteiger partial charge in [0.15, 0.2) is 11.0 Å². The molecule has 0 fully saturated rings. The lowest BCUT2D eigenvalue weighted by Crippen LogP contribution is -2.17. The lowest BCUT2D eigenvalue weighted by molar-refractivity contribution is -0.113. The van der Waals surface area contributed by atoms with Gasteiger partial charge in [-0.3, -0.25) is 9.36 Å². The van der Waals surface area contributed by atoms with Crippen LogP contribution in [0.4, 0.5) is 5.69 Å². The van der Waals surface area contributed by atoms with Gasteiger partial charge in [0.1, 0.15) is 11.5 Å². The fourth-order valence-electron chi connectivity index (χ4n) is 3.72. The number of hydrogen-bond donors (Lipinski definition) is 1. The van der Waals surface area contributed by atoms with Gasteiger partial charge >= 0.3 is 0 Å². The average molecular weight is 477 g/mol. The van der Waals surface area contributed by atoms with Gasteiger partial charge in [0, 0.05) is 11.3 Å². The highest BCUT2D eigenvalue weighted by Crippen LogP contribution is 2.30. The van der Waals surface area contributed by atoms with E-state index in [-0.39, 0.29) is 11.7 Å². The molecular formula is C26H28N4O3S. The van der Waals surface area contributed by atoms with Crippen molar-refractivity contribution in [2.24, 2.45) is 0 Å². The zero-order valence-electron chi connectivity index (χ0n) is 19.7. The van der Waals surface area contributed by atoms with E-state index >= 15 is 0 Å². The van der Waals surface area contributed by atoms with Crippen LogP contribution in [0.25, 0.3) is 11.4 Å². The predicted octanol–water partition coefficient (Wildman–Crippen LogP) is 5.76. The molecule has 2 aromatic heterocycles. The van der Waals surface area contributed by atoms with E-state index in [4.69, 9.17) is 9.15 Å². The number of para-hydroxylation sites is 1. The van der Waals surface area contributed by atoms with Crippen LogP contribution in [0.3, 0.4) is 0 Å². The first kappa shape index (κ1) is 23.6. The minimum atomic E-state index is -0.0864. The maximum absolute atomic E-state index is 12.9. The molecule has 2 heterocycles. The third kappa shape index (κ3) is 5.34. The molecule has 0 spiro atoms. The van der Waals surface area contributed by atoms with Crippen molar-refractivity contribution >= 4 is 23.4 Å². The number of benzene rings is 2. The first-order chi connectivity index (χ1) is 16.5. The number of aromatic nitrogens is 3. The second kappa shape index (κ2) is 10.6. The number of furan rings is 1. The molecule has 1 amide bonds. The molecule has 2 aromatic carbocycles. The summed E-state index contributed by atoms with van der Waals surface area (Å²) >= 11 is 1.35. The summed E-state index contributed by atoms with van der Waals surface area (Å²) in [5, 5.41) is 12.5. The molecule has 4 rings (SSSR count). The molecule has 0 aliphatic heterocycles. The fourth-order valence-corrected chi connectivity index (χ4v) is 4.46. The van der Waals surface area contributed by atoms with E-state index < -0.39 is 0 Å². The van der Waals surface area contributed by atoms with Crippen molar-refractivity contribution in [3.8, 4) is 17.1 Å². The first-order valence-electron chi connectivity index (χ1n) is 11.1. The fraction of sp³-hybridized carbons (Fsp3) is 0.269.